The van der Waals surface area contributed by atoms with Crippen LogP contribution in [0.25, 0.3) is 0 Å². The first-order valence-corrected chi connectivity index (χ1v) is 7.82. The second-order valence-corrected chi connectivity index (χ2v) is 5.59. The Bertz CT molecular complexity index is 319. The zero-order valence-electron chi connectivity index (χ0n) is 11.1. The molecule has 1 fully saturated rings. The van der Waals surface area contributed by atoms with E-state index in [0.29, 0.717) is 12.0 Å². The van der Waals surface area contributed by atoms with E-state index in [1.54, 1.807) is 0 Å². The van der Waals surface area contributed by atoms with Gasteiger partial charge in [0.15, 0.2) is 0 Å². The summed E-state index contributed by atoms with van der Waals surface area (Å²) in [5.74, 6) is 1.57. The number of ether oxygens (including phenoxy) is 1. The molecule has 1 aliphatic heterocycles. The molecule has 100 valence electrons. The van der Waals surface area contributed by atoms with Crippen LogP contribution in [0.15, 0.2) is 30.3 Å². The molecular weight excluding hydrogens is 240 g/mol. The number of benzene rings is 1. The normalized spacial score (nSPS) is 21.7. The molecule has 0 amide bonds. The fraction of sp³-hybridized carbons (Fsp3) is 0.625. The molecule has 1 aromatic carbocycles. The van der Waals surface area contributed by atoms with Gasteiger partial charge in [-0.15, -0.1) is 0 Å². The number of unbranched alkanes of at least 4 members (excludes halogenated alkanes) is 1. The van der Waals surface area contributed by atoms with E-state index in [4.69, 9.17) is 4.74 Å². The van der Waals surface area contributed by atoms with Crippen LogP contribution in [0.5, 0.6) is 0 Å². The van der Waals surface area contributed by atoms with Gasteiger partial charge in [0, 0.05) is 12.5 Å². The highest BCUT2D eigenvalue weighted by Gasteiger charge is 2.25. The second-order valence-electron chi connectivity index (χ2n) is 5.14. The molecule has 1 saturated heterocycles. The summed E-state index contributed by atoms with van der Waals surface area (Å²) < 4.78 is 6.01. The van der Waals surface area contributed by atoms with Crippen molar-refractivity contribution in [2.45, 2.75) is 50.5 Å². The lowest BCUT2D eigenvalue weighted by molar-refractivity contribution is -0.00318. The molecule has 2 heteroatoms. The molecule has 0 spiro atoms. The van der Waals surface area contributed by atoms with E-state index in [2.05, 4.69) is 43.0 Å². The maximum atomic E-state index is 6.01. The van der Waals surface area contributed by atoms with Crippen molar-refractivity contribution in [1.29, 1.82) is 0 Å². The Balaban J connectivity index is 2.01. The van der Waals surface area contributed by atoms with Gasteiger partial charge >= 0.3 is 0 Å². The van der Waals surface area contributed by atoms with Crippen LogP contribution in [-0.4, -0.2) is 18.5 Å². The van der Waals surface area contributed by atoms with E-state index >= 15 is 0 Å². The van der Waals surface area contributed by atoms with Crippen molar-refractivity contribution in [1.82, 2.24) is 0 Å². The number of rotatable bonds is 6. The molecule has 0 aliphatic carbocycles. The Kier molecular flexibility index (Phi) is 6.09. The molecule has 1 heterocycles. The Morgan fingerprint density at radius 2 is 2.00 bits per heavy atom. The van der Waals surface area contributed by atoms with E-state index < -0.39 is 0 Å². The molecule has 1 aromatic rings. The van der Waals surface area contributed by atoms with Crippen molar-refractivity contribution in [3.8, 4) is 0 Å². The largest absolute Gasteiger partial charge is 0.378 e. The third-order valence-corrected chi connectivity index (χ3v) is 4.13. The minimum atomic E-state index is 0.432. The van der Waals surface area contributed by atoms with Gasteiger partial charge in [-0.1, -0.05) is 36.8 Å². The van der Waals surface area contributed by atoms with E-state index in [0.717, 1.165) is 12.4 Å². The standard InChI is InChI=1S/C16H24OS/c18-13-7-5-10-15(14-8-2-1-3-9-14)16-11-4-6-12-17-16/h1-3,8-9,15-16,18H,4-7,10-13H2. The van der Waals surface area contributed by atoms with Crippen molar-refractivity contribution >= 4 is 12.6 Å². The van der Waals surface area contributed by atoms with Crippen molar-refractivity contribution in [3.05, 3.63) is 35.9 Å². The predicted molar refractivity (Wildman–Crippen MR) is 80.5 cm³/mol. The summed E-state index contributed by atoms with van der Waals surface area (Å²) in [6.45, 7) is 0.945. The van der Waals surface area contributed by atoms with Gasteiger partial charge in [-0.25, -0.2) is 0 Å². The third-order valence-electron chi connectivity index (χ3n) is 3.81. The summed E-state index contributed by atoms with van der Waals surface area (Å²) in [5, 5.41) is 0. The Hall–Kier alpha value is -0.470. The quantitative estimate of drug-likeness (QED) is 0.590. The molecule has 0 saturated carbocycles. The summed E-state index contributed by atoms with van der Waals surface area (Å²) in [7, 11) is 0. The minimum absolute atomic E-state index is 0.432. The molecule has 0 N–H and O–H groups in total. The van der Waals surface area contributed by atoms with Crippen LogP contribution in [0.3, 0.4) is 0 Å². The van der Waals surface area contributed by atoms with Crippen LogP contribution in [-0.2, 0) is 4.74 Å². The van der Waals surface area contributed by atoms with Gasteiger partial charge in [0.1, 0.15) is 0 Å². The van der Waals surface area contributed by atoms with Crippen molar-refractivity contribution in [2.24, 2.45) is 0 Å². The van der Waals surface area contributed by atoms with Crippen LogP contribution >= 0.6 is 12.6 Å². The van der Waals surface area contributed by atoms with E-state index in [-0.39, 0.29) is 0 Å². The summed E-state index contributed by atoms with van der Waals surface area (Å²) in [5.41, 5.74) is 1.45. The molecule has 18 heavy (non-hydrogen) atoms. The number of hydrogen-bond acceptors (Lipinski definition) is 2. The molecule has 0 aromatic heterocycles. The monoisotopic (exact) mass is 264 g/mol. The van der Waals surface area contributed by atoms with Gasteiger partial charge in [-0.2, -0.15) is 12.6 Å². The zero-order valence-corrected chi connectivity index (χ0v) is 11.9. The summed E-state index contributed by atoms with van der Waals surface area (Å²) in [4.78, 5) is 0. The lowest BCUT2D eigenvalue weighted by Crippen LogP contribution is -2.26. The Labute approximate surface area is 116 Å². The van der Waals surface area contributed by atoms with E-state index in [1.807, 2.05) is 0 Å². The van der Waals surface area contributed by atoms with Gasteiger partial charge < -0.3 is 4.74 Å². The highest BCUT2D eigenvalue weighted by atomic mass is 32.1. The van der Waals surface area contributed by atoms with Crippen molar-refractivity contribution < 1.29 is 4.74 Å². The van der Waals surface area contributed by atoms with E-state index in [9.17, 15) is 0 Å². The maximum Gasteiger partial charge on any atom is 0.0643 e. The van der Waals surface area contributed by atoms with Crippen molar-refractivity contribution in [2.75, 3.05) is 12.4 Å². The van der Waals surface area contributed by atoms with Crippen LogP contribution in [0, 0.1) is 0 Å². The Morgan fingerprint density at radius 3 is 2.67 bits per heavy atom. The molecule has 2 unspecified atom stereocenters. The Morgan fingerprint density at radius 1 is 1.17 bits per heavy atom. The molecule has 0 bridgehead atoms. The number of hydrogen-bond donors (Lipinski definition) is 1. The maximum absolute atomic E-state index is 6.01. The molecule has 0 radical (unpaired) electrons. The molecule has 1 aliphatic rings. The van der Waals surface area contributed by atoms with Crippen molar-refractivity contribution in [3.63, 3.8) is 0 Å². The van der Waals surface area contributed by atoms with Gasteiger partial charge in [-0.3, -0.25) is 0 Å². The molecule has 1 nitrogen and oxygen atoms in total. The topological polar surface area (TPSA) is 9.23 Å². The molecule has 2 atom stereocenters. The summed E-state index contributed by atoms with van der Waals surface area (Å²) in [6, 6.07) is 10.9. The number of thiol groups is 1. The highest BCUT2D eigenvalue weighted by Crippen LogP contribution is 2.32. The fourth-order valence-electron chi connectivity index (χ4n) is 2.83. The zero-order chi connectivity index (χ0) is 12.6. The molecule has 2 rings (SSSR count). The SMILES string of the molecule is SCCCCC(c1ccccc1)C1CCCCO1. The fourth-order valence-corrected chi connectivity index (χ4v) is 3.05. The van der Waals surface area contributed by atoms with Crippen LogP contribution < -0.4 is 0 Å². The minimum Gasteiger partial charge on any atom is -0.378 e. The van der Waals surface area contributed by atoms with Crippen LogP contribution in [0.4, 0.5) is 0 Å². The van der Waals surface area contributed by atoms with Crippen LogP contribution in [0.2, 0.25) is 0 Å². The van der Waals surface area contributed by atoms with Crippen LogP contribution in [0.1, 0.15) is 50.0 Å². The first kappa shape index (κ1) is 14.0. The van der Waals surface area contributed by atoms with Gasteiger partial charge in [0.25, 0.3) is 0 Å². The van der Waals surface area contributed by atoms with Gasteiger partial charge in [0.2, 0.25) is 0 Å². The smallest absolute Gasteiger partial charge is 0.0643 e. The van der Waals surface area contributed by atoms with Gasteiger partial charge in [-0.05, 0) is 43.4 Å². The predicted octanol–water partition coefficient (Wildman–Crippen LogP) is 4.44. The lowest BCUT2D eigenvalue weighted by Gasteiger charge is -2.31. The van der Waals surface area contributed by atoms with E-state index in [1.165, 1.54) is 44.1 Å². The average Bonchev–Trinajstić information content (AvgIpc) is 2.46. The average molecular weight is 264 g/mol. The van der Waals surface area contributed by atoms with Gasteiger partial charge in [0.05, 0.1) is 6.10 Å². The molecular formula is C16H24OS. The first-order valence-electron chi connectivity index (χ1n) is 7.19. The lowest BCUT2D eigenvalue weighted by atomic mass is 9.85. The highest BCUT2D eigenvalue weighted by molar-refractivity contribution is 7.80. The second kappa shape index (κ2) is 7.85. The first-order chi connectivity index (χ1) is 8.92. The summed E-state index contributed by atoms with van der Waals surface area (Å²) in [6.07, 6.45) is 7.90. The third kappa shape index (κ3) is 4.03. The summed E-state index contributed by atoms with van der Waals surface area (Å²) >= 11 is 4.31.